The van der Waals surface area contributed by atoms with Crippen LogP contribution < -0.4 is 5.32 Å². The molecule has 14 heavy (non-hydrogen) atoms. The summed E-state index contributed by atoms with van der Waals surface area (Å²) in [5.41, 5.74) is 0. The van der Waals surface area contributed by atoms with Gasteiger partial charge in [0.2, 0.25) is 5.91 Å². The van der Waals surface area contributed by atoms with Crippen LogP contribution in [0.2, 0.25) is 0 Å². The van der Waals surface area contributed by atoms with Crippen LogP contribution in [-0.2, 0) is 4.79 Å². The zero-order chi connectivity index (χ0) is 9.84. The molecule has 0 aromatic rings. The summed E-state index contributed by atoms with van der Waals surface area (Å²) in [5, 5.41) is 3.23. The van der Waals surface area contributed by atoms with E-state index in [4.69, 9.17) is 0 Å². The lowest BCUT2D eigenvalue weighted by Crippen LogP contribution is -2.48. The Morgan fingerprint density at radius 1 is 1.50 bits per heavy atom. The maximum absolute atomic E-state index is 11.7. The molecule has 3 nitrogen and oxygen atoms in total. The molecule has 1 aliphatic rings. The number of carbonyl (C=O) groups excluding carboxylic acids is 1. The number of hydrogen-bond acceptors (Lipinski definition) is 2. The molecule has 1 N–H and O–H groups in total. The third-order valence-electron chi connectivity index (χ3n) is 2.64. The van der Waals surface area contributed by atoms with Crippen molar-refractivity contribution >= 4 is 18.3 Å². The summed E-state index contributed by atoms with van der Waals surface area (Å²) in [6.45, 7) is 5.75. The molecule has 4 heteroatoms. The smallest absolute Gasteiger partial charge is 0.225 e. The molecule has 84 valence electrons. The van der Waals surface area contributed by atoms with Crippen molar-refractivity contribution in [3.8, 4) is 0 Å². The van der Waals surface area contributed by atoms with Crippen molar-refractivity contribution in [1.82, 2.24) is 10.2 Å². The van der Waals surface area contributed by atoms with Crippen molar-refractivity contribution in [2.45, 2.75) is 32.7 Å². The molecule has 1 heterocycles. The van der Waals surface area contributed by atoms with Gasteiger partial charge in [-0.15, -0.1) is 12.4 Å². The van der Waals surface area contributed by atoms with E-state index in [2.05, 4.69) is 5.32 Å². The molecule has 0 aromatic heterocycles. The molecule has 0 aromatic carbocycles. The van der Waals surface area contributed by atoms with Crippen molar-refractivity contribution in [2.75, 3.05) is 20.1 Å². The summed E-state index contributed by atoms with van der Waals surface area (Å²) in [4.78, 5) is 13.6. The number of piperidine rings is 1. The average molecular weight is 221 g/mol. The van der Waals surface area contributed by atoms with E-state index in [9.17, 15) is 4.79 Å². The maximum Gasteiger partial charge on any atom is 0.225 e. The van der Waals surface area contributed by atoms with Gasteiger partial charge in [0.15, 0.2) is 0 Å². The van der Waals surface area contributed by atoms with E-state index in [1.54, 1.807) is 0 Å². The molecule has 0 radical (unpaired) electrons. The first kappa shape index (κ1) is 13.7. The Bertz CT molecular complexity index is 185. The maximum atomic E-state index is 11.7. The molecule has 0 saturated carbocycles. The van der Waals surface area contributed by atoms with E-state index in [0.717, 1.165) is 19.5 Å². The van der Waals surface area contributed by atoms with E-state index in [1.165, 1.54) is 6.42 Å². The number of nitrogens with zero attached hydrogens (tertiary/aromatic N) is 1. The van der Waals surface area contributed by atoms with Crippen LogP contribution in [0.3, 0.4) is 0 Å². The molecular formula is C10H21ClN2O. The number of amides is 1. The van der Waals surface area contributed by atoms with Gasteiger partial charge >= 0.3 is 0 Å². The first-order chi connectivity index (χ1) is 6.15. The lowest BCUT2D eigenvalue weighted by Gasteiger charge is -2.33. The first-order valence-electron chi connectivity index (χ1n) is 5.11. The summed E-state index contributed by atoms with van der Waals surface area (Å²) in [6.07, 6.45) is 2.32. The van der Waals surface area contributed by atoms with Crippen LogP contribution in [0, 0.1) is 5.92 Å². The van der Waals surface area contributed by atoms with E-state index in [0.29, 0.717) is 11.9 Å². The fourth-order valence-corrected chi connectivity index (χ4v) is 1.78. The predicted octanol–water partition coefficient (Wildman–Crippen LogP) is 1.27. The van der Waals surface area contributed by atoms with Gasteiger partial charge in [-0.1, -0.05) is 13.8 Å². The number of rotatable bonds is 2. The number of likely N-dealkylation sites (N-methyl/N-ethyl adjacent to an activating group) is 1. The molecule has 0 bridgehead atoms. The predicted molar refractivity (Wildman–Crippen MR) is 60.7 cm³/mol. The minimum Gasteiger partial charge on any atom is -0.341 e. The molecule has 0 aliphatic carbocycles. The van der Waals surface area contributed by atoms with Gasteiger partial charge in [-0.25, -0.2) is 0 Å². The average Bonchev–Trinajstić information content (AvgIpc) is 2.16. The monoisotopic (exact) mass is 220 g/mol. The summed E-state index contributed by atoms with van der Waals surface area (Å²) >= 11 is 0. The molecule has 1 fully saturated rings. The van der Waals surface area contributed by atoms with Crippen molar-refractivity contribution in [2.24, 2.45) is 5.92 Å². The molecule has 1 amide bonds. The Kier molecular flexibility index (Phi) is 6.12. The van der Waals surface area contributed by atoms with Gasteiger partial charge in [0, 0.05) is 25.0 Å². The lowest BCUT2D eigenvalue weighted by atomic mass is 10.0. The Hall–Kier alpha value is -0.280. The topological polar surface area (TPSA) is 32.3 Å². The highest BCUT2D eigenvalue weighted by Gasteiger charge is 2.23. The largest absolute Gasteiger partial charge is 0.341 e. The molecule has 0 spiro atoms. The Balaban J connectivity index is 0.00000169. The van der Waals surface area contributed by atoms with E-state index in [-0.39, 0.29) is 18.3 Å². The fraction of sp³-hybridized carbons (Fsp3) is 0.900. The standard InChI is InChI=1S/C10H20N2O.ClH/c1-8(2)10(13)12-6-4-5-9(7-12)11-3;/h8-9,11H,4-7H2,1-3H3;1H. The molecule has 1 rings (SSSR count). The quantitative estimate of drug-likeness (QED) is 0.761. The second-order valence-electron chi connectivity index (χ2n) is 4.07. The summed E-state index contributed by atoms with van der Waals surface area (Å²) in [6, 6.07) is 0.497. The van der Waals surface area contributed by atoms with Crippen molar-refractivity contribution in [1.29, 1.82) is 0 Å². The summed E-state index contributed by atoms with van der Waals surface area (Å²) in [5.74, 6) is 0.426. The molecule has 1 unspecified atom stereocenters. The van der Waals surface area contributed by atoms with Gasteiger partial charge in [-0.05, 0) is 19.9 Å². The van der Waals surface area contributed by atoms with Crippen molar-refractivity contribution in [3.63, 3.8) is 0 Å². The molecule has 1 atom stereocenters. The SMILES string of the molecule is CNC1CCCN(C(=O)C(C)C)C1.Cl. The summed E-state index contributed by atoms with van der Waals surface area (Å²) in [7, 11) is 1.97. The highest BCUT2D eigenvalue weighted by atomic mass is 35.5. The van der Waals surface area contributed by atoms with Crippen molar-refractivity contribution in [3.05, 3.63) is 0 Å². The fourth-order valence-electron chi connectivity index (χ4n) is 1.78. The van der Waals surface area contributed by atoms with Gasteiger partial charge in [0.05, 0.1) is 0 Å². The second kappa shape index (κ2) is 6.25. The van der Waals surface area contributed by atoms with Crippen LogP contribution in [0.1, 0.15) is 26.7 Å². The van der Waals surface area contributed by atoms with Gasteiger partial charge < -0.3 is 10.2 Å². The zero-order valence-electron chi connectivity index (χ0n) is 9.25. The number of carbonyl (C=O) groups is 1. The minimum absolute atomic E-state index is 0. The van der Waals surface area contributed by atoms with E-state index < -0.39 is 0 Å². The highest BCUT2D eigenvalue weighted by molar-refractivity contribution is 5.85. The number of likely N-dealkylation sites (tertiary alicyclic amines) is 1. The van der Waals surface area contributed by atoms with Gasteiger partial charge in [0.25, 0.3) is 0 Å². The number of hydrogen-bond donors (Lipinski definition) is 1. The molecular weight excluding hydrogens is 200 g/mol. The van der Waals surface area contributed by atoms with Crippen LogP contribution in [-0.4, -0.2) is 37.0 Å². The third-order valence-corrected chi connectivity index (χ3v) is 2.64. The van der Waals surface area contributed by atoms with Gasteiger partial charge in [-0.2, -0.15) is 0 Å². The van der Waals surface area contributed by atoms with Crippen LogP contribution in [0.5, 0.6) is 0 Å². The normalized spacial score (nSPS) is 22.0. The second-order valence-corrected chi connectivity index (χ2v) is 4.07. The van der Waals surface area contributed by atoms with E-state index >= 15 is 0 Å². The number of nitrogens with one attached hydrogen (secondary N) is 1. The van der Waals surface area contributed by atoms with Crippen LogP contribution >= 0.6 is 12.4 Å². The summed E-state index contributed by atoms with van der Waals surface area (Å²) < 4.78 is 0. The number of halogens is 1. The van der Waals surface area contributed by atoms with E-state index in [1.807, 2.05) is 25.8 Å². The zero-order valence-corrected chi connectivity index (χ0v) is 10.1. The van der Waals surface area contributed by atoms with Crippen LogP contribution in [0.4, 0.5) is 0 Å². The van der Waals surface area contributed by atoms with Crippen LogP contribution in [0.15, 0.2) is 0 Å². The Morgan fingerprint density at radius 2 is 2.14 bits per heavy atom. The Labute approximate surface area is 92.6 Å². The van der Waals surface area contributed by atoms with Crippen molar-refractivity contribution < 1.29 is 4.79 Å². The molecule has 1 aliphatic heterocycles. The minimum atomic E-state index is 0. The lowest BCUT2D eigenvalue weighted by molar-refractivity contribution is -0.135. The highest BCUT2D eigenvalue weighted by Crippen LogP contribution is 2.12. The van der Waals surface area contributed by atoms with Crippen LogP contribution in [0.25, 0.3) is 0 Å². The van der Waals surface area contributed by atoms with Gasteiger partial charge in [-0.3, -0.25) is 4.79 Å². The Morgan fingerprint density at radius 3 is 2.64 bits per heavy atom. The third kappa shape index (κ3) is 3.46. The van der Waals surface area contributed by atoms with Gasteiger partial charge in [0.1, 0.15) is 0 Å². The first-order valence-corrected chi connectivity index (χ1v) is 5.11. The molecule has 1 saturated heterocycles.